The molecule has 1 atom stereocenters. The van der Waals surface area contributed by atoms with Crippen molar-refractivity contribution in [3.05, 3.63) is 107 Å². The van der Waals surface area contributed by atoms with Crippen molar-refractivity contribution < 1.29 is 13.3 Å². The second-order valence-electron chi connectivity index (χ2n) is 8.47. The molecule has 8 heteroatoms. The fraction of sp³-hybridized carbons (Fsp3) is 0.148. The highest BCUT2D eigenvalue weighted by Crippen LogP contribution is 2.39. The maximum Gasteiger partial charge on any atom is 0.258 e. The van der Waals surface area contributed by atoms with Crippen LogP contribution >= 0.6 is 12.2 Å². The molecule has 0 aliphatic carbocycles. The summed E-state index contributed by atoms with van der Waals surface area (Å²) >= 11 is 5.73. The Morgan fingerprint density at radius 1 is 0.914 bits per heavy atom. The van der Waals surface area contributed by atoms with Crippen molar-refractivity contribution >= 4 is 28.6 Å². The molecule has 5 nitrogen and oxygen atoms in total. The molecule has 0 amide bonds. The lowest BCUT2D eigenvalue weighted by atomic mass is 9.92. The molecular formula is C27H22F2N4OS. The van der Waals surface area contributed by atoms with Crippen molar-refractivity contribution in [2.24, 2.45) is 0 Å². The van der Waals surface area contributed by atoms with Gasteiger partial charge in [0, 0.05) is 16.9 Å². The number of allylic oxidation sites excluding steroid dienone is 1. The number of aryl methyl sites for hydroxylation is 2. The van der Waals surface area contributed by atoms with Gasteiger partial charge in [-0.3, -0.25) is 4.90 Å². The minimum absolute atomic E-state index is 0.278. The summed E-state index contributed by atoms with van der Waals surface area (Å²) in [6.07, 6.45) is 0. The first kappa shape index (κ1) is 22.9. The molecule has 0 saturated heterocycles. The smallest absolute Gasteiger partial charge is 0.258 e. The van der Waals surface area contributed by atoms with Gasteiger partial charge in [-0.1, -0.05) is 35.5 Å². The summed E-state index contributed by atoms with van der Waals surface area (Å²) in [6.45, 7) is 6.02. The molecule has 0 fully saturated rings. The first-order valence-electron chi connectivity index (χ1n) is 11.1. The van der Waals surface area contributed by atoms with E-state index < -0.39 is 0 Å². The van der Waals surface area contributed by atoms with Crippen LogP contribution in [-0.2, 0) is 0 Å². The van der Waals surface area contributed by atoms with Gasteiger partial charge >= 0.3 is 0 Å². The van der Waals surface area contributed by atoms with Crippen molar-refractivity contribution in [1.29, 1.82) is 0 Å². The Balaban J connectivity index is 1.67. The third kappa shape index (κ3) is 4.33. The molecular weight excluding hydrogens is 466 g/mol. The summed E-state index contributed by atoms with van der Waals surface area (Å²) in [5, 5.41) is 7.97. The van der Waals surface area contributed by atoms with Crippen molar-refractivity contribution in [2.75, 3.05) is 4.90 Å². The molecule has 0 radical (unpaired) electrons. The Kier molecular flexibility index (Phi) is 5.90. The van der Waals surface area contributed by atoms with Crippen molar-refractivity contribution in [2.45, 2.75) is 26.8 Å². The van der Waals surface area contributed by atoms with Crippen molar-refractivity contribution in [1.82, 2.24) is 15.5 Å². The fourth-order valence-electron chi connectivity index (χ4n) is 4.19. The second-order valence-corrected chi connectivity index (χ2v) is 8.86. The first-order valence-corrected chi connectivity index (χ1v) is 11.5. The second kappa shape index (κ2) is 9.03. The predicted molar refractivity (Wildman–Crippen MR) is 136 cm³/mol. The molecule has 176 valence electrons. The molecule has 0 saturated carbocycles. The molecule has 1 aliphatic heterocycles. The van der Waals surface area contributed by atoms with Crippen LogP contribution in [0.2, 0.25) is 0 Å². The SMILES string of the molecule is CC1=C(c2nc(-c3cccc(F)c3)no2)C(c2ccc(C)c(C)c2)NC(=S)N1c1ccc(F)cc1. The van der Waals surface area contributed by atoms with Crippen LogP contribution in [0.15, 0.2) is 77.0 Å². The molecule has 5 rings (SSSR count). The number of nitrogens with one attached hydrogen (secondary N) is 1. The van der Waals surface area contributed by atoms with E-state index in [1.165, 1.54) is 29.8 Å². The Bertz CT molecular complexity index is 1460. The van der Waals surface area contributed by atoms with Gasteiger partial charge in [-0.15, -0.1) is 0 Å². The zero-order chi connectivity index (χ0) is 24.7. The van der Waals surface area contributed by atoms with Crippen LogP contribution < -0.4 is 10.2 Å². The maximum atomic E-state index is 13.8. The third-order valence-corrected chi connectivity index (χ3v) is 6.47. The van der Waals surface area contributed by atoms with E-state index in [-0.39, 0.29) is 29.4 Å². The summed E-state index contributed by atoms with van der Waals surface area (Å²) in [7, 11) is 0. The zero-order valence-corrected chi connectivity index (χ0v) is 20.2. The average Bonchev–Trinajstić information content (AvgIpc) is 3.31. The van der Waals surface area contributed by atoms with E-state index in [1.807, 2.05) is 17.9 Å². The van der Waals surface area contributed by atoms with Gasteiger partial charge in [0.1, 0.15) is 11.6 Å². The molecule has 1 aliphatic rings. The summed E-state index contributed by atoms with van der Waals surface area (Å²) in [5.41, 5.74) is 5.99. The van der Waals surface area contributed by atoms with Crippen molar-refractivity contribution in [3.8, 4) is 11.4 Å². The molecule has 3 aromatic carbocycles. The topological polar surface area (TPSA) is 54.2 Å². The normalized spacial score (nSPS) is 16.0. The summed E-state index contributed by atoms with van der Waals surface area (Å²) in [6, 6.07) is 17.9. The van der Waals surface area contributed by atoms with Crippen LogP contribution in [0.1, 0.15) is 35.5 Å². The molecule has 1 N–H and O–H groups in total. The summed E-state index contributed by atoms with van der Waals surface area (Å²) in [4.78, 5) is 6.42. The number of aromatic nitrogens is 2. The Hall–Kier alpha value is -3.91. The maximum absolute atomic E-state index is 13.8. The van der Waals surface area contributed by atoms with E-state index in [2.05, 4.69) is 41.4 Å². The highest BCUT2D eigenvalue weighted by molar-refractivity contribution is 7.80. The van der Waals surface area contributed by atoms with Gasteiger partial charge in [-0.2, -0.15) is 4.98 Å². The number of thiocarbonyl (C=S) groups is 1. The van der Waals surface area contributed by atoms with E-state index in [0.717, 1.165) is 22.4 Å². The zero-order valence-electron chi connectivity index (χ0n) is 19.3. The number of nitrogens with zero attached hydrogens (tertiary/aromatic N) is 3. The Labute approximate surface area is 207 Å². The monoisotopic (exact) mass is 488 g/mol. The standard InChI is InChI=1S/C27H22F2N4OS/c1-15-7-8-18(13-16(15)2)24-23(26-31-25(32-34-26)19-5-4-6-21(29)14-19)17(3)33(27(35)30-24)22-11-9-20(28)10-12-22/h4-14,24H,1-3H3,(H,30,35). The van der Waals surface area contributed by atoms with Gasteiger partial charge in [0.05, 0.1) is 11.6 Å². The lowest BCUT2D eigenvalue weighted by Crippen LogP contribution is -2.46. The van der Waals surface area contributed by atoms with E-state index in [4.69, 9.17) is 16.7 Å². The van der Waals surface area contributed by atoms with Crippen LogP contribution in [0.5, 0.6) is 0 Å². The van der Waals surface area contributed by atoms with Gasteiger partial charge in [-0.25, -0.2) is 8.78 Å². The van der Waals surface area contributed by atoms with E-state index >= 15 is 0 Å². The highest BCUT2D eigenvalue weighted by atomic mass is 32.1. The third-order valence-electron chi connectivity index (χ3n) is 6.17. The molecule has 4 aromatic rings. The van der Waals surface area contributed by atoms with Gasteiger partial charge < -0.3 is 9.84 Å². The summed E-state index contributed by atoms with van der Waals surface area (Å²) < 4.78 is 33.1. The number of rotatable bonds is 4. The van der Waals surface area contributed by atoms with Gasteiger partial charge in [0.15, 0.2) is 5.11 Å². The predicted octanol–water partition coefficient (Wildman–Crippen LogP) is 6.50. The van der Waals surface area contributed by atoms with E-state index in [1.54, 1.807) is 24.3 Å². The number of hydrogen-bond acceptors (Lipinski definition) is 4. The first-order chi connectivity index (χ1) is 16.8. The Morgan fingerprint density at radius 2 is 1.69 bits per heavy atom. The van der Waals surface area contributed by atoms with Crippen LogP contribution in [0, 0.1) is 25.5 Å². The van der Waals surface area contributed by atoms with Gasteiger partial charge in [0.25, 0.3) is 5.89 Å². The van der Waals surface area contributed by atoms with Crippen LogP contribution in [0.3, 0.4) is 0 Å². The van der Waals surface area contributed by atoms with Gasteiger partial charge in [-0.05, 0) is 86.1 Å². The largest absolute Gasteiger partial charge is 0.351 e. The van der Waals surface area contributed by atoms with Crippen LogP contribution in [-0.4, -0.2) is 15.3 Å². The van der Waals surface area contributed by atoms with Crippen LogP contribution in [0.4, 0.5) is 14.5 Å². The number of hydrogen-bond donors (Lipinski definition) is 1. The lowest BCUT2D eigenvalue weighted by molar-refractivity contribution is 0.404. The average molecular weight is 489 g/mol. The van der Waals surface area contributed by atoms with Gasteiger partial charge in [0.2, 0.25) is 5.82 Å². The highest BCUT2D eigenvalue weighted by Gasteiger charge is 2.35. The van der Waals surface area contributed by atoms with E-state index in [9.17, 15) is 8.78 Å². The minimum atomic E-state index is -0.385. The molecule has 0 bridgehead atoms. The quantitative estimate of drug-likeness (QED) is 0.331. The molecule has 1 unspecified atom stereocenters. The molecule has 0 spiro atoms. The lowest BCUT2D eigenvalue weighted by Gasteiger charge is -2.37. The fourth-order valence-corrected chi connectivity index (χ4v) is 4.55. The number of benzene rings is 3. The molecule has 2 heterocycles. The Morgan fingerprint density at radius 3 is 2.40 bits per heavy atom. The number of anilines is 1. The van der Waals surface area contributed by atoms with E-state index in [0.29, 0.717) is 16.4 Å². The molecule has 35 heavy (non-hydrogen) atoms. The van der Waals surface area contributed by atoms with Crippen molar-refractivity contribution in [3.63, 3.8) is 0 Å². The van der Waals surface area contributed by atoms with Crippen LogP contribution in [0.25, 0.3) is 17.0 Å². The summed E-state index contributed by atoms with van der Waals surface area (Å²) in [5.74, 6) is -0.159. The number of halogens is 2. The minimum Gasteiger partial charge on any atom is -0.351 e. The molecule has 1 aromatic heterocycles.